The standard InChI is InChI=1S/C27H25NO4/c1-17-13-14-22(16-25(17)31)32-21-10-6-9-20(15-21)28(26-18(2)7-4-11-23(26)29)27-19(3)8-5-12-24(27)30/h4-16,29-31H,1-3H3. The van der Waals surface area contributed by atoms with Gasteiger partial charge in [-0.2, -0.15) is 0 Å². The SMILES string of the molecule is Cc1ccc(Oc2cccc(N(c3c(C)cccc3O)c3c(C)cccc3O)c2)cc1O. The molecule has 0 aliphatic carbocycles. The van der Waals surface area contributed by atoms with Crippen LogP contribution < -0.4 is 9.64 Å². The molecule has 4 rings (SSSR count). The van der Waals surface area contributed by atoms with E-state index < -0.39 is 0 Å². The summed E-state index contributed by atoms with van der Waals surface area (Å²) in [6, 6.07) is 23.2. The van der Waals surface area contributed by atoms with Gasteiger partial charge in [0.05, 0.1) is 17.1 Å². The van der Waals surface area contributed by atoms with Gasteiger partial charge in [-0.3, -0.25) is 0 Å². The number of phenols is 3. The highest BCUT2D eigenvalue weighted by atomic mass is 16.5. The zero-order valence-corrected chi connectivity index (χ0v) is 18.2. The van der Waals surface area contributed by atoms with Crippen molar-refractivity contribution in [1.29, 1.82) is 0 Å². The molecule has 0 aromatic heterocycles. The number of benzene rings is 4. The molecule has 32 heavy (non-hydrogen) atoms. The van der Waals surface area contributed by atoms with E-state index in [1.165, 1.54) is 0 Å². The molecule has 4 aromatic rings. The van der Waals surface area contributed by atoms with E-state index in [1.807, 2.05) is 62.1 Å². The van der Waals surface area contributed by atoms with Crippen molar-refractivity contribution in [2.75, 3.05) is 4.90 Å². The lowest BCUT2D eigenvalue weighted by atomic mass is 10.1. The van der Waals surface area contributed by atoms with Gasteiger partial charge in [-0.05, 0) is 67.8 Å². The Balaban J connectivity index is 1.85. The predicted octanol–water partition coefficient (Wildman–Crippen LogP) is 6.99. The van der Waals surface area contributed by atoms with Gasteiger partial charge in [0.15, 0.2) is 0 Å². The van der Waals surface area contributed by atoms with Crippen LogP contribution in [0.15, 0.2) is 78.9 Å². The second kappa shape index (κ2) is 8.55. The van der Waals surface area contributed by atoms with E-state index >= 15 is 0 Å². The second-order valence-corrected chi connectivity index (χ2v) is 7.77. The minimum absolute atomic E-state index is 0.0995. The maximum atomic E-state index is 10.7. The van der Waals surface area contributed by atoms with Crippen molar-refractivity contribution < 1.29 is 20.1 Å². The number of aromatic hydroxyl groups is 3. The summed E-state index contributed by atoms with van der Waals surface area (Å²) in [6.07, 6.45) is 0. The molecule has 0 amide bonds. The Hall–Kier alpha value is -4.12. The third kappa shape index (κ3) is 4.05. The minimum Gasteiger partial charge on any atom is -0.508 e. The predicted molar refractivity (Wildman–Crippen MR) is 127 cm³/mol. The first-order valence-electron chi connectivity index (χ1n) is 10.3. The lowest BCUT2D eigenvalue weighted by Crippen LogP contribution is -2.13. The van der Waals surface area contributed by atoms with E-state index in [-0.39, 0.29) is 17.2 Å². The van der Waals surface area contributed by atoms with E-state index in [0.717, 1.165) is 16.7 Å². The van der Waals surface area contributed by atoms with E-state index in [0.29, 0.717) is 28.6 Å². The fourth-order valence-corrected chi connectivity index (χ4v) is 3.71. The second-order valence-electron chi connectivity index (χ2n) is 7.77. The van der Waals surface area contributed by atoms with Crippen LogP contribution in [-0.4, -0.2) is 15.3 Å². The molecule has 0 heterocycles. The molecule has 0 spiro atoms. The molecular weight excluding hydrogens is 402 g/mol. The van der Waals surface area contributed by atoms with Crippen LogP contribution in [0.2, 0.25) is 0 Å². The third-order valence-electron chi connectivity index (χ3n) is 5.37. The zero-order chi connectivity index (χ0) is 22.8. The van der Waals surface area contributed by atoms with Gasteiger partial charge in [-0.15, -0.1) is 0 Å². The summed E-state index contributed by atoms with van der Waals surface area (Å²) >= 11 is 0. The molecule has 5 nitrogen and oxygen atoms in total. The fraction of sp³-hybridized carbons (Fsp3) is 0.111. The Morgan fingerprint density at radius 2 is 1.12 bits per heavy atom. The van der Waals surface area contributed by atoms with E-state index in [1.54, 1.807) is 42.5 Å². The molecular formula is C27H25NO4. The van der Waals surface area contributed by atoms with Gasteiger partial charge in [0, 0.05) is 12.1 Å². The van der Waals surface area contributed by atoms with Crippen molar-refractivity contribution in [2.45, 2.75) is 20.8 Å². The lowest BCUT2D eigenvalue weighted by molar-refractivity contribution is 0.452. The van der Waals surface area contributed by atoms with Crippen LogP contribution in [0.5, 0.6) is 28.7 Å². The lowest BCUT2D eigenvalue weighted by Gasteiger charge is -2.29. The van der Waals surface area contributed by atoms with Gasteiger partial charge in [-0.1, -0.05) is 36.4 Å². The summed E-state index contributed by atoms with van der Waals surface area (Å²) in [6.45, 7) is 5.64. The molecule has 0 bridgehead atoms. The first-order chi connectivity index (χ1) is 15.3. The number of hydrogen-bond donors (Lipinski definition) is 3. The Kier molecular flexibility index (Phi) is 5.65. The van der Waals surface area contributed by atoms with Gasteiger partial charge < -0.3 is 25.0 Å². The normalized spacial score (nSPS) is 10.7. The van der Waals surface area contributed by atoms with Gasteiger partial charge >= 0.3 is 0 Å². The average Bonchev–Trinajstić information content (AvgIpc) is 2.75. The van der Waals surface area contributed by atoms with Crippen LogP contribution in [0.1, 0.15) is 16.7 Å². The smallest absolute Gasteiger partial charge is 0.139 e. The maximum Gasteiger partial charge on any atom is 0.139 e. The number of rotatable bonds is 5. The van der Waals surface area contributed by atoms with Crippen molar-refractivity contribution >= 4 is 17.1 Å². The van der Waals surface area contributed by atoms with Crippen LogP contribution in [0.3, 0.4) is 0 Å². The number of anilines is 3. The summed E-state index contributed by atoms with van der Waals surface area (Å²) in [5.74, 6) is 1.42. The largest absolute Gasteiger partial charge is 0.508 e. The highest BCUT2D eigenvalue weighted by molar-refractivity contribution is 5.86. The third-order valence-corrected chi connectivity index (χ3v) is 5.37. The highest BCUT2D eigenvalue weighted by Crippen LogP contribution is 2.47. The van der Waals surface area contributed by atoms with Crippen LogP contribution in [-0.2, 0) is 0 Å². The number of para-hydroxylation sites is 2. The van der Waals surface area contributed by atoms with Crippen molar-refractivity contribution in [3.63, 3.8) is 0 Å². The average molecular weight is 428 g/mol. The number of aryl methyl sites for hydroxylation is 3. The van der Waals surface area contributed by atoms with Crippen molar-refractivity contribution in [3.8, 4) is 28.7 Å². The van der Waals surface area contributed by atoms with Crippen molar-refractivity contribution in [3.05, 3.63) is 95.6 Å². The van der Waals surface area contributed by atoms with Crippen LogP contribution in [0.4, 0.5) is 17.1 Å². The molecule has 0 aliphatic rings. The number of ether oxygens (including phenoxy) is 1. The first-order valence-corrected chi connectivity index (χ1v) is 10.3. The zero-order valence-electron chi connectivity index (χ0n) is 18.2. The van der Waals surface area contributed by atoms with Gasteiger partial charge in [-0.25, -0.2) is 0 Å². The van der Waals surface area contributed by atoms with Gasteiger partial charge in [0.1, 0.15) is 28.7 Å². The summed E-state index contributed by atoms with van der Waals surface area (Å²) in [5.41, 5.74) is 4.31. The summed E-state index contributed by atoms with van der Waals surface area (Å²) in [4.78, 5) is 1.83. The molecule has 0 atom stereocenters. The maximum absolute atomic E-state index is 10.7. The summed E-state index contributed by atoms with van der Waals surface area (Å²) in [7, 11) is 0. The topological polar surface area (TPSA) is 73.2 Å². The van der Waals surface area contributed by atoms with Crippen LogP contribution in [0, 0.1) is 20.8 Å². The molecule has 3 N–H and O–H groups in total. The quantitative estimate of drug-likeness (QED) is 0.320. The van der Waals surface area contributed by atoms with Crippen molar-refractivity contribution in [2.24, 2.45) is 0 Å². The minimum atomic E-state index is 0.0995. The molecule has 4 aromatic carbocycles. The molecule has 162 valence electrons. The molecule has 0 saturated heterocycles. The Morgan fingerprint density at radius 1 is 0.562 bits per heavy atom. The monoisotopic (exact) mass is 427 g/mol. The first kappa shape index (κ1) is 21.1. The molecule has 0 radical (unpaired) electrons. The number of hydrogen-bond acceptors (Lipinski definition) is 5. The van der Waals surface area contributed by atoms with Crippen LogP contribution >= 0.6 is 0 Å². The summed E-state index contributed by atoms with van der Waals surface area (Å²) < 4.78 is 5.99. The Labute approximate surface area is 187 Å². The van der Waals surface area contributed by atoms with Crippen LogP contribution in [0.25, 0.3) is 0 Å². The number of nitrogens with zero attached hydrogens (tertiary/aromatic N) is 1. The summed E-state index contributed by atoms with van der Waals surface area (Å²) in [5, 5.41) is 31.5. The fourth-order valence-electron chi connectivity index (χ4n) is 3.71. The van der Waals surface area contributed by atoms with Crippen molar-refractivity contribution in [1.82, 2.24) is 0 Å². The highest BCUT2D eigenvalue weighted by Gasteiger charge is 2.22. The molecule has 0 fully saturated rings. The molecule has 5 heteroatoms. The van der Waals surface area contributed by atoms with Gasteiger partial charge in [0.2, 0.25) is 0 Å². The van der Waals surface area contributed by atoms with E-state index in [9.17, 15) is 15.3 Å². The molecule has 0 saturated carbocycles. The molecule has 0 unspecified atom stereocenters. The Bertz CT molecular complexity index is 1190. The van der Waals surface area contributed by atoms with E-state index in [4.69, 9.17) is 4.74 Å². The van der Waals surface area contributed by atoms with Gasteiger partial charge in [0.25, 0.3) is 0 Å². The Morgan fingerprint density at radius 3 is 1.69 bits per heavy atom. The number of phenolic OH excluding ortho intramolecular Hbond substituents is 3. The van der Waals surface area contributed by atoms with E-state index in [2.05, 4.69) is 0 Å². The molecule has 0 aliphatic heterocycles.